The van der Waals surface area contributed by atoms with E-state index in [1.54, 1.807) is 25.1 Å². The number of carbonyl (C=O) groups is 2. The minimum Gasteiger partial charge on any atom is -0.483 e. The van der Waals surface area contributed by atoms with Gasteiger partial charge in [-0.1, -0.05) is 43.6 Å². The highest BCUT2D eigenvalue weighted by atomic mass is 35.5. The Hall–Kier alpha value is -2.58. The molecule has 0 radical (unpaired) electrons. The molecule has 2 aromatic carbocycles. The summed E-state index contributed by atoms with van der Waals surface area (Å²) in [5.41, 5.74) is 5.18. The Morgan fingerprint density at radius 1 is 1.37 bits per heavy atom. The third-order valence-corrected chi connectivity index (χ3v) is 6.23. The molecule has 1 aliphatic rings. The van der Waals surface area contributed by atoms with E-state index in [2.05, 4.69) is 10.6 Å². The third-order valence-electron chi connectivity index (χ3n) is 4.69. The lowest BCUT2D eigenvalue weighted by Crippen LogP contribution is -2.46. The molecule has 2 amide bonds. The largest absolute Gasteiger partial charge is 0.483 e. The van der Waals surface area contributed by atoms with Gasteiger partial charge in [-0.05, 0) is 47.3 Å². The van der Waals surface area contributed by atoms with Crippen LogP contribution >= 0.6 is 23.4 Å². The van der Waals surface area contributed by atoms with Gasteiger partial charge in [0.25, 0.3) is 11.8 Å². The molecule has 0 aromatic heterocycles. The van der Waals surface area contributed by atoms with Crippen molar-refractivity contribution in [3.05, 3.63) is 63.0 Å². The first-order valence-electron chi connectivity index (χ1n) is 9.40. The second-order valence-electron chi connectivity index (χ2n) is 7.19. The summed E-state index contributed by atoms with van der Waals surface area (Å²) in [6.45, 7) is 5.39. The van der Waals surface area contributed by atoms with Crippen molar-refractivity contribution < 1.29 is 14.3 Å². The number of nitrogens with zero attached hydrogens (tertiary/aromatic N) is 2. The van der Waals surface area contributed by atoms with Crippen molar-refractivity contribution in [2.45, 2.75) is 32.1 Å². The Morgan fingerprint density at radius 2 is 2.10 bits per heavy atom. The molecule has 1 N–H and O–H groups in total. The van der Waals surface area contributed by atoms with E-state index < -0.39 is 11.3 Å². The van der Waals surface area contributed by atoms with E-state index in [-0.39, 0.29) is 24.2 Å². The molecule has 0 aliphatic carbocycles. The maximum atomic E-state index is 12.5. The molecule has 30 heavy (non-hydrogen) atoms. The van der Waals surface area contributed by atoms with Gasteiger partial charge in [-0.25, -0.2) is 5.01 Å². The van der Waals surface area contributed by atoms with Gasteiger partial charge in [-0.15, -0.1) is 16.7 Å². The predicted octanol–water partition coefficient (Wildman–Crippen LogP) is 4.85. The van der Waals surface area contributed by atoms with E-state index in [9.17, 15) is 14.5 Å². The zero-order valence-electron chi connectivity index (χ0n) is 16.8. The van der Waals surface area contributed by atoms with E-state index in [0.29, 0.717) is 22.0 Å². The van der Waals surface area contributed by atoms with E-state index in [1.807, 2.05) is 32.0 Å². The molecular weight excluding hydrogens is 426 g/mol. The maximum Gasteiger partial charge on any atom is 0.276 e. The highest BCUT2D eigenvalue weighted by molar-refractivity contribution is 8.00. The van der Waals surface area contributed by atoms with Gasteiger partial charge in [0, 0.05) is 10.6 Å². The number of amides is 2. The van der Waals surface area contributed by atoms with Crippen molar-refractivity contribution in [2.75, 3.05) is 12.4 Å². The Kier molecular flexibility index (Phi) is 6.99. The zero-order valence-corrected chi connectivity index (χ0v) is 18.4. The average molecular weight is 448 g/mol. The smallest absolute Gasteiger partial charge is 0.276 e. The summed E-state index contributed by atoms with van der Waals surface area (Å²) in [6.07, 6.45) is 0. The Balaban J connectivity index is 1.71. The molecule has 1 fully saturated rings. The highest BCUT2D eigenvalue weighted by Crippen LogP contribution is 2.40. The number of halogens is 1. The number of hydrazine groups is 1. The predicted molar refractivity (Wildman–Crippen MR) is 118 cm³/mol. The lowest BCUT2D eigenvalue weighted by atomic mass is 9.99. The van der Waals surface area contributed by atoms with Crippen LogP contribution in [0.25, 0.3) is 0 Å². The van der Waals surface area contributed by atoms with Crippen LogP contribution in [-0.2, 0) is 9.59 Å². The van der Waals surface area contributed by atoms with Crippen LogP contribution in [0.15, 0.2) is 41.6 Å². The summed E-state index contributed by atoms with van der Waals surface area (Å²) in [5, 5.41) is 4.45. The lowest BCUT2D eigenvalue weighted by molar-refractivity contribution is -0.140. The summed E-state index contributed by atoms with van der Waals surface area (Å²) in [4.78, 5) is 35.8. The van der Waals surface area contributed by atoms with E-state index in [4.69, 9.17) is 16.3 Å². The van der Waals surface area contributed by atoms with Crippen molar-refractivity contribution in [3.8, 4) is 5.75 Å². The van der Waals surface area contributed by atoms with Gasteiger partial charge in [-0.3, -0.25) is 15.0 Å². The fourth-order valence-corrected chi connectivity index (χ4v) is 4.57. The Bertz CT molecular complexity index is 983. The van der Waals surface area contributed by atoms with Crippen LogP contribution in [-0.4, -0.2) is 29.2 Å². The molecule has 1 saturated heterocycles. The normalized spacial score (nSPS) is 16.1. The minimum atomic E-state index is -0.465. The molecule has 1 atom stereocenters. The number of nitrogens with one attached hydrogen (secondary N) is 1. The fourth-order valence-electron chi connectivity index (χ4n) is 3.12. The highest BCUT2D eigenvalue weighted by Gasteiger charge is 2.35. The van der Waals surface area contributed by atoms with Gasteiger partial charge < -0.3 is 4.74 Å². The molecule has 0 saturated carbocycles. The number of ether oxygens (including phenoxy) is 1. The number of benzene rings is 2. The van der Waals surface area contributed by atoms with Crippen molar-refractivity contribution >= 4 is 40.9 Å². The standard InChI is InChI=1S/C21H22ClN3O4S/c1-12(2)15-9-17(24-28)13(3)8-18(15)29-10-19(26)23-25-20(27)11-30-21(25)14-6-4-5-7-16(14)22/h4-9,12,21H,10-11H2,1-3H3,(H,23,26). The lowest BCUT2D eigenvalue weighted by Gasteiger charge is -2.25. The summed E-state index contributed by atoms with van der Waals surface area (Å²) < 4.78 is 5.72. The number of carbonyl (C=O) groups excluding carboxylic acids is 2. The van der Waals surface area contributed by atoms with Crippen LogP contribution < -0.4 is 10.2 Å². The number of aryl methyl sites for hydroxylation is 1. The van der Waals surface area contributed by atoms with E-state index in [1.165, 1.54) is 16.8 Å². The molecule has 9 heteroatoms. The SMILES string of the molecule is Cc1cc(OCC(=O)NN2C(=O)CSC2c2ccccc2Cl)c(C(C)C)cc1N=O. The quantitative estimate of drug-likeness (QED) is 0.612. The molecule has 158 valence electrons. The van der Waals surface area contributed by atoms with E-state index >= 15 is 0 Å². The molecule has 1 unspecified atom stereocenters. The summed E-state index contributed by atoms with van der Waals surface area (Å²) in [7, 11) is 0. The first-order chi connectivity index (χ1) is 14.3. The van der Waals surface area contributed by atoms with Crippen molar-refractivity contribution in [2.24, 2.45) is 5.18 Å². The number of thioether (sulfide) groups is 1. The van der Waals surface area contributed by atoms with Gasteiger partial charge in [0.1, 0.15) is 16.8 Å². The van der Waals surface area contributed by atoms with Crippen molar-refractivity contribution in [1.29, 1.82) is 0 Å². The fraction of sp³-hybridized carbons (Fsp3) is 0.333. The summed E-state index contributed by atoms with van der Waals surface area (Å²) in [6, 6.07) is 10.6. The minimum absolute atomic E-state index is 0.0744. The second-order valence-corrected chi connectivity index (χ2v) is 8.67. The third kappa shape index (κ3) is 4.76. The second kappa shape index (κ2) is 9.49. The first kappa shape index (κ1) is 22.1. The monoisotopic (exact) mass is 447 g/mol. The summed E-state index contributed by atoms with van der Waals surface area (Å²) in [5.74, 6) is 0.153. The van der Waals surface area contributed by atoms with Gasteiger partial charge in [0.15, 0.2) is 6.61 Å². The Morgan fingerprint density at radius 3 is 2.77 bits per heavy atom. The van der Waals surface area contributed by atoms with Crippen LogP contribution in [0, 0.1) is 11.8 Å². The number of hydrogen-bond acceptors (Lipinski definition) is 6. The van der Waals surface area contributed by atoms with Crippen LogP contribution in [0.3, 0.4) is 0 Å². The number of rotatable bonds is 7. The molecule has 0 bridgehead atoms. The van der Waals surface area contributed by atoms with Crippen LogP contribution in [0.2, 0.25) is 5.02 Å². The molecule has 2 aromatic rings. The molecule has 1 heterocycles. The topological polar surface area (TPSA) is 88.1 Å². The number of nitroso groups, excluding NO2 is 1. The van der Waals surface area contributed by atoms with Crippen molar-refractivity contribution in [3.63, 3.8) is 0 Å². The molecule has 1 aliphatic heterocycles. The zero-order chi connectivity index (χ0) is 21.8. The summed E-state index contributed by atoms with van der Waals surface area (Å²) >= 11 is 7.65. The molecule has 0 spiro atoms. The molecular formula is C21H22ClN3O4S. The van der Waals surface area contributed by atoms with Gasteiger partial charge >= 0.3 is 0 Å². The van der Waals surface area contributed by atoms with Crippen LogP contribution in [0.1, 0.15) is 41.8 Å². The first-order valence-corrected chi connectivity index (χ1v) is 10.8. The molecule has 3 rings (SSSR count). The van der Waals surface area contributed by atoms with Gasteiger partial charge in [0.2, 0.25) is 0 Å². The number of hydrogen-bond donors (Lipinski definition) is 1. The average Bonchev–Trinajstić information content (AvgIpc) is 3.06. The van der Waals surface area contributed by atoms with Crippen LogP contribution in [0.4, 0.5) is 5.69 Å². The maximum absolute atomic E-state index is 12.5. The van der Waals surface area contributed by atoms with Crippen LogP contribution in [0.5, 0.6) is 5.75 Å². The Labute approximate surface area is 184 Å². The van der Waals surface area contributed by atoms with Gasteiger partial charge in [-0.2, -0.15) is 0 Å². The van der Waals surface area contributed by atoms with Gasteiger partial charge in [0.05, 0.1) is 5.75 Å². The van der Waals surface area contributed by atoms with E-state index in [0.717, 1.165) is 11.1 Å². The van der Waals surface area contributed by atoms with Crippen molar-refractivity contribution in [1.82, 2.24) is 10.4 Å². The molecule has 7 nitrogen and oxygen atoms in total.